The Bertz CT molecular complexity index is 228. The van der Waals surface area contributed by atoms with Gasteiger partial charge in [-0.1, -0.05) is 12.8 Å². The molecule has 2 fully saturated rings. The first-order chi connectivity index (χ1) is 7.62. The maximum atomic E-state index is 10.1. The highest BCUT2D eigenvalue weighted by Crippen LogP contribution is 2.33. The van der Waals surface area contributed by atoms with Crippen molar-refractivity contribution in [3.05, 3.63) is 0 Å². The average molecular weight is 226 g/mol. The van der Waals surface area contributed by atoms with Gasteiger partial charge >= 0.3 is 0 Å². The second-order valence-corrected chi connectivity index (χ2v) is 5.29. The first-order valence-electron chi connectivity index (χ1n) is 6.51. The normalized spacial score (nSPS) is 29.4. The van der Waals surface area contributed by atoms with Crippen molar-refractivity contribution in [1.82, 2.24) is 0 Å². The molecule has 16 heavy (non-hydrogen) atoms. The largest absolute Gasteiger partial charge is 0.368 e. The van der Waals surface area contributed by atoms with Crippen molar-refractivity contribution in [3.8, 4) is 0 Å². The number of aliphatic hydroxyl groups is 2. The molecule has 0 saturated heterocycles. The third-order valence-corrected chi connectivity index (χ3v) is 3.73. The smallest absolute Gasteiger partial charge is 0.176 e. The van der Waals surface area contributed by atoms with E-state index in [1.807, 2.05) is 0 Å². The number of azo groups is 1. The Morgan fingerprint density at radius 1 is 0.562 bits per heavy atom. The maximum absolute atomic E-state index is 10.1. The van der Waals surface area contributed by atoms with Crippen LogP contribution in [0.3, 0.4) is 0 Å². The van der Waals surface area contributed by atoms with E-state index in [1.165, 1.54) is 12.8 Å². The van der Waals surface area contributed by atoms with Crippen LogP contribution in [0, 0.1) is 0 Å². The van der Waals surface area contributed by atoms with Gasteiger partial charge in [0.1, 0.15) is 0 Å². The molecule has 2 rings (SSSR count). The Morgan fingerprint density at radius 2 is 0.875 bits per heavy atom. The first kappa shape index (κ1) is 12.0. The van der Waals surface area contributed by atoms with Crippen LogP contribution in [-0.2, 0) is 0 Å². The molecule has 4 heteroatoms. The molecule has 0 bridgehead atoms. The summed E-state index contributed by atoms with van der Waals surface area (Å²) in [5, 5.41) is 28.4. The van der Waals surface area contributed by atoms with Gasteiger partial charge in [0.2, 0.25) is 0 Å². The summed E-state index contributed by atoms with van der Waals surface area (Å²) in [6.07, 6.45) is 9.12. The monoisotopic (exact) mass is 226 g/mol. The van der Waals surface area contributed by atoms with E-state index in [2.05, 4.69) is 10.2 Å². The number of rotatable bonds is 2. The fraction of sp³-hybridized carbons (Fsp3) is 1.00. The van der Waals surface area contributed by atoms with E-state index in [0.29, 0.717) is 25.7 Å². The van der Waals surface area contributed by atoms with Gasteiger partial charge in [-0.15, -0.1) is 0 Å². The lowest BCUT2D eigenvalue weighted by atomic mass is 9.92. The minimum absolute atomic E-state index is 0.687. The zero-order valence-electron chi connectivity index (χ0n) is 9.86. The van der Waals surface area contributed by atoms with E-state index >= 15 is 0 Å². The molecule has 4 nitrogen and oxygen atoms in total. The van der Waals surface area contributed by atoms with E-state index in [9.17, 15) is 10.2 Å². The third-order valence-electron chi connectivity index (χ3n) is 3.73. The predicted molar refractivity (Wildman–Crippen MR) is 60.9 cm³/mol. The highest BCUT2D eigenvalue weighted by Gasteiger charge is 2.33. The SMILES string of the molecule is OC1(N=NC2(O)CCCCC2)CCCCC1. The molecule has 0 aromatic rings. The summed E-state index contributed by atoms with van der Waals surface area (Å²) in [6.45, 7) is 0. The highest BCUT2D eigenvalue weighted by atomic mass is 16.3. The minimum atomic E-state index is -0.995. The Labute approximate surface area is 96.8 Å². The van der Waals surface area contributed by atoms with Gasteiger partial charge in [0.15, 0.2) is 11.4 Å². The topological polar surface area (TPSA) is 65.2 Å². The number of hydrogen-bond acceptors (Lipinski definition) is 4. The van der Waals surface area contributed by atoms with Crippen LogP contribution in [0.2, 0.25) is 0 Å². The van der Waals surface area contributed by atoms with E-state index < -0.39 is 11.4 Å². The molecule has 2 saturated carbocycles. The van der Waals surface area contributed by atoms with E-state index in [0.717, 1.165) is 25.7 Å². The lowest BCUT2D eigenvalue weighted by molar-refractivity contribution is -0.0297. The fourth-order valence-corrected chi connectivity index (χ4v) is 2.62. The predicted octanol–water partition coefficient (Wildman–Crippen LogP) is 2.74. The lowest BCUT2D eigenvalue weighted by Gasteiger charge is -2.30. The zero-order chi connectivity index (χ0) is 11.5. The molecule has 0 aromatic carbocycles. The second kappa shape index (κ2) is 4.80. The molecular formula is C12H22N2O2. The summed E-state index contributed by atoms with van der Waals surface area (Å²) >= 11 is 0. The van der Waals surface area contributed by atoms with Crippen molar-refractivity contribution >= 4 is 0 Å². The van der Waals surface area contributed by atoms with Crippen molar-refractivity contribution in [2.45, 2.75) is 75.7 Å². The number of nitrogens with zero attached hydrogens (tertiary/aromatic N) is 2. The van der Waals surface area contributed by atoms with Crippen LogP contribution in [0.15, 0.2) is 10.2 Å². The summed E-state index contributed by atoms with van der Waals surface area (Å²) in [5.74, 6) is 0. The quantitative estimate of drug-likeness (QED) is 0.711. The van der Waals surface area contributed by atoms with Crippen molar-refractivity contribution in [3.63, 3.8) is 0 Å². The van der Waals surface area contributed by atoms with Gasteiger partial charge in [0, 0.05) is 0 Å². The van der Waals surface area contributed by atoms with Crippen LogP contribution >= 0.6 is 0 Å². The molecule has 2 aliphatic carbocycles. The van der Waals surface area contributed by atoms with Crippen molar-refractivity contribution in [2.24, 2.45) is 10.2 Å². The summed E-state index contributed by atoms with van der Waals surface area (Å²) in [5.41, 5.74) is -1.99. The van der Waals surface area contributed by atoms with Crippen molar-refractivity contribution in [2.75, 3.05) is 0 Å². The van der Waals surface area contributed by atoms with E-state index in [-0.39, 0.29) is 0 Å². The molecule has 0 amide bonds. The van der Waals surface area contributed by atoms with Gasteiger partial charge in [-0.25, -0.2) is 0 Å². The highest BCUT2D eigenvalue weighted by molar-refractivity contribution is 4.82. The molecule has 0 unspecified atom stereocenters. The lowest BCUT2D eigenvalue weighted by Crippen LogP contribution is -2.32. The third kappa shape index (κ3) is 3.01. The molecule has 2 aliphatic rings. The Kier molecular flexibility index (Phi) is 3.60. The van der Waals surface area contributed by atoms with Gasteiger partial charge in [-0.05, 0) is 51.4 Å². The summed E-state index contributed by atoms with van der Waals surface area (Å²) in [6, 6.07) is 0. The average Bonchev–Trinajstić information content (AvgIpc) is 2.29. The zero-order valence-corrected chi connectivity index (χ0v) is 9.86. The second-order valence-electron chi connectivity index (χ2n) is 5.29. The molecule has 2 N–H and O–H groups in total. The van der Waals surface area contributed by atoms with Crippen LogP contribution in [0.1, 0.15) is 64.2 Å². The molecule has 92 valence electrons. The van der Waals surface area contributed by atoms with Crippen molar-refractivity contribution in [1.29, 1.82) is 0 Å². The van der Waals surface area contributed by atoms with Crippen LogP contribution in [0.25, 0.3) is 0 Å². The molecule has 0 heterocycles. The molecule has 0 spiro atoms. The first-order valence-corrected chi connectivity index (χ1v) is 6.51. The standard InChI is InChI=1S/C12H22N2O2/c15-11(7-3-1-4-8-11)13-14-12(16)9-5-2-6-10-12/h15-16H,1-10H2. The molecule has 0 atom stereocenters. The van der Waals surface area contributed by atoms with Gasteiger partial charge in [0.05, 0.1) is 0 Å². The van der Waals surface area contributed by atoms with Crippen LogP contribution in [0.4, 0.5) is 0 Å². The van der Waals surface area contributed by atoms with Gasteiger partial charge in [0.25, 0.3) is 0 Å². The summed E-state index contributed by atoms with van der Waals surface area (Å²) in [7, 11) is 0. The molecule has 0 aliphatic heterocycles. The van der Waals surface area contributed by atoms with Crippen molar-refractivity contribution < 1.29 is 10.2 Å². The molecule has 0 radical (unpaired) electrons. The number of hydrogen-bond donors (Lipinski definition) is 2. The van der Waals surface area contributed by atoms with Crippen LogP contribution in [0.5, 0.6) is 0 Å². The fourth-order valence-electron chi connectivity index (χ4n) is 2.62. The van der Waals surface area contributed by atoms with E-state index in [4.69, 9.17) is 0 Å². The Balaban J connectivity index is 1.95. The molecule has 0 aromatic heterocycles. The maximum Gasteiger partial charge on any atom is 0.176 e. The van der Waals surface area contributed by atoms with Gasteiger partial charge in [-0.3, -0.25) is 0 Å². The summed E-state index contributed by atoms with van der Waals surface area (Å²) in [4.78, 5) is 0. The minimum Gasteiger partial charge on any atom is -0.368 e. The van der Waals surface area contributed by atoms with Crippen LogP contribution in [-0.4, -0.2) is 21.7 Å². The van der Waals surface area contributed by atoms with Gasteiger partial charge < -0.3 is 10.2 Å². The Hall–Kier alpha value is -0.480. The van der Waals surface area contributed by atoms with Gasteiger partial charge in [-0.2, -0.15) is 10.2 Å². The Morgan fingerprint density at radius 3 is 1.19 bits per heavy atom. The van der Waals surface area contributed by atoms with Crippen LogP contribution < -0.4 is 0 Å². The van der Waals surface area contributed by atoms with E-state index in [1.54, 1.807) is 0 Å². The summed E-state index contributed by atoms with van der Waals surface area (Å²) < 4.78 is 0. The molecular weight excluding hydrogens is 204 g/mol.